The zero-order valence-electron chi connectivity index (χ0n) is 11.1. The van der Waals surface area contributed by atoms with Crippen LogP contribution in [0.1, 0.15) is 6.92 Å². The molecular formula is C13H16N4O3. The second-order valence-electron chi connectivity index (χ2n) is 3.93. The van der Waals surface area contributed by atoms with E-state index in [-0.39, 0.29) is 18.3 Å². The molecule has 4 N–H and O–H groups in total. The van der Waals surface area contributed by atoms with Gasteiger partial charge < -0.3 is 9.26 Å². The number of hydrogen-bond acceptors (Lipinski definition) is 6. The summed E-state index contributed by atoms with van der Waals surface area (Å²) in [5.41, 5.74) is 3.65. The molecule has 20 heavy (non-hydrogen) atoms. The first kappa shape index (κ1) is 14.0. The molecule has 2 rings (SSSR count). The predicted octanol–water partition coefficient (Wildman–Crippen LogP) is 1.14. The quantitative estimate of drug-likeness (QED) is 0.540. The molecule has 1 amide bonds. The summed E-state index contributed by atoms with van der Waals surface area (Å²) in [5.74, 6) is 5.72. The Kier molecular flexibility index (Phi) is 4.70. The van der Waals surface area contributed by atoms with Crippen molar-refractivity contribution in [1.82, 2.24) is 10.6 Å². The van der Waals surface area contributed by atoms with Crippen molar-refractivity contribution in [3.63, 3.8) is 0 Å². The van der Waals surface area contributed by atoms with Crippen LogP contribution in [0.4, 0.5) is 5.88 Å². The Morgan fingerprint density at radius 3 is 3.00 bits per heavy atom. The molecular weight excluding hydrogens is 260 g/mol. The molecule has 1 aromatic heterocycles. The Labute approximate surface area is 116 Å². The molecule has 0 unspecified atom stereocenters. The number of nitrogens with two attached hydrogens (primary N) is 1. The van der Waals surface area contributed by atoms with Crippen molar-refractivity contribution >= 4 is 11.8 Å². The van der Waals surface area contributed by atoms with Gasteiger partial charge in [0.1, 0.15) is 11.4 Å². The first-order chi connectivity index (χ1) is 9.74. The first-order valence-corrected chi connectivity index (χ1v) is 6.16. The third-order valence-electron chi connectivity index (χ3n) is 2.50. The topological polar surface area (TPSA) is 102 Å². The largest absolute Gasteiger partial charge is 0.493 e. The lowest BCUT2D eigenvalue weighted by Gasteiger charge is -2.06. The van der Waals surface area contributed by atoms with E-state index in [4.69, 9.17) is 15.1 Å². The van der Waals surface area contributed by atoms with Gasteiger partial charge in [-0.2, -0.15) is 0 Å². The number of nitrogens with one attached hydrogen (secondary N) is 2. The fraction of sp³-hybridized carbons (Fsp3) is 0.231. The van der Waals surface area contributed by atoms with Crippen LogP contribution in [0.5, 0.6) is 5.75 Å². The number of benzene rings is 1. The maximum Gasteiger partial charge on any atom is 0.242 e. The van der Waals surface area contributed by atoms with Gasteiger partial charge >= 0.3 is 0 Å². The number of anilines is 1. The van der Waals surface area contributed by atoms with Gasteiger partial charge in [-0.1, -0.05) is 17.3 Å². The molecule has 2 aromatic rings. The summed E-state index contributed by atoms with van der Waals surface area (Å²) in [7, 11) is 0. The van der Waals surface area contributed by atoms with E-state index >= 15 is 0 Å². The van der Waals surface area contributed by atoms with Gasteiger partial charge in [0.15, 0.2) is 0 Å². The summed E-state index contributed by atoms with van der Waals surface area (Å²) < 4.78 is 10.6. The highest BCUT2D eigenvalue weighted by Gasteiger charge is 2.12. The lowest BCUT2D eigenvalue weighted by atomic mass is 10.1. The number of para-hydroxylation sites is 1. The number of carbonyl (C=O) groups excluding carboxylic acids is 1. The molecule has 0 spiro atoms. The fourth-order valence-corrected chi connectivity index (χ4v) is 1.69. The monoisotopic (exact) mass is 276 g/mol. The molecule has 0 aliphatic rings. The first-order valence-electron chi connectivity index (χ1n) is 6.16. The van der Waals surface area contributed by atoms with Gasteiger partial charge in [0, 0.05) is 11.6 Å². The summed E-state index contributed by atoms with van der Waals surface area (Å²) in [4.78, 5) is 11.4. The molecule has 0 fully saturated rings. The predicted molar refractivity (Wildman–Crippen MR) is 73.9 cm³/mol. The molecule has 1 heterocycles. The molecule has 0 aliphatic carbocycles. The van der Waals surface area contributed by atoms with Crippen molar-refractivity contribution in [1.29, 1.82) is 0 Å². The van der Waals surface area contributed by atoms with E-state index < -0.39 is 0 Å². The number of nitrogens with zero attached hydrogens (tertiary/aromatic N) is 1. The molecule has 7 nitrogen and oxygen atoms in total. The van der Waals surface area contributed by atoms with Crippen LogP contribution in [0.2, 0.25) is 0 Å². The van der Waals surface area contributed by atoms with Crippen LogP contribution in [-0.2, 0) is 4.79 Å². The summed E-state index contributed by atoms with van der Waals surface area (Å²) in [6, 6.07) is 9.11. The van der Waals surface area contributed by atoms with Crippen LogP contribution >= 0.6 is 0 Å². The fourth-order valence-electron chi connectivity index (χ4n) is 1.69. The number of hydrazine groups is 1. The van der Waals surface area contributed by atoms with Crippen LogP contribution in [0.25, 0.3) is 11.3 Å². The average Bonchev–Trinajstić information content (AvgIpc) is 2.88. The van der Waals surface area contributed by atoms with Gasteiger partial charge in [0.2, 0.25) is 11.8 Å². The molecule has 0 saturated carbocycles. The Bertz CT molecular complexity index is 583. The number of ether oxygens (including phenoxy) is 1. The minimum Gasteiger partial charge on any atom is -0.493 e. The Morgan fingerprint density at radius 1 is 1.45 bits per heavy atom. The van der Waals surface area contributed by atoms with Gasteiger partial charge in [-0.05, 0) is 19.1 Å². The second kappa shape index (κ2) is 6.69. The third kappa shape index (κ3) is 3.34. The van der Waals surface area contributed by atoms with E-state index in [2.05, 4.69) is 15.9 Å². The average molecular weight is 276 g/mol. The SMILES string of the molecule is CCOc1ccccc1-c1cc(NC(=O)CNN)on1. The van der Waals surface area contributed by atoms with Crippen LogP contribution in [0.3, 0.4) is 0 Å². The van der Waals surface area contributed by atoms with Gasteiger partial charge in [-0.25, -0.2) is 0 Å². The highest BCUT2D eigenvalue weighted by atomic mass is 16.5. The third-order valence-corrected chi connectivity index (χ3v) is 2.50. The van der Waals surface area contributed by atoms with E-state index in [0.717, 1.165) is 5.56 Å². The number of aromatic nitrogens is 1. The standard InChI is InChI=1S/C13H16N4O3/c1-2-19-11-6-4-3-5-9(11)10-7-13(20-17-10)16-12(18)8-15-14/h3-7,15H,2,8,14H2,1H3,(H,16,18). The van der Waals surface area contributed by atoms with Crippen molar-refractivity contribution in [2.24, 2.45) is 5.84 Å². The smallest absolute Gasteiger partial charge is 0.242 e. The minimum atomic E-state index is -0.312. The highest BCUT2D eigenvalue weighted by molar-refractivity contribution is 5.91. The molecule has 106 valence electrons. The Morgan fingerprint density at radius 2 is 2.25 bits per heavy atom. The highest BCUT2D eigenvalue weighted by Crippen LogP contribution is 2.30. The number of amides is 1. The maximum absolute atomic E-state index is 11.4. The van der Waals surface area contributed by atoms with Crippen LogP contribution < -0.4 is 21.3 Å². The van der Waals surface area contributed by atoms with Gasteiger partial charge in [-0.15, -0.1) is 0 Å². The van der Waals surface area contributed by atoms with Crippen LogP contribution in [-0.4, -0.2) is 24.2 Å². The Balaban J connectivity index is 2.18. The maximum atomic E-state index is 11.4. The molecule has 0 atom stereocenters. The summed E-state index contributed by atoms with van der Waals surface area (Å²) >= 11 is 0. The molecule has 0 radical (unpaired) electrons. The second-order valence-corrected chi connectivity index (χ2v) is 3.93. The van der Waals surface area contributed by atoms with Crippen LogP contribution in [0, 0.1) is 0 Å². The zero-order valence-corrected chi connectivity index (χ0v) is 11.1. The normalized spacial score (nSPS) is 10.3. The summed E-state index contributed by atoms with van der Waals surface area (Å²) in [6.45, 7) is 2.46. The van der Waals surface area contributed by atoms with Crippen molar-refractivity contribution in [3.05, 3.63) is 30.3 Å². The summed E-state index contributed by atoms with van der Waals surface area (Å²) in [5, 5.41) is 6.45. The van der Waals surface area contributed by atoms with E-state index in [1.54, 1.807) is 6.07 Å². The van der Waals surface area contributed by atoms with Crippen molar-refractivity contribution in [2.45, 2.75) is 6.92 Å². The molecule has 0 saturated heterocycles. The summed E-state index contributed by atoms with van der Waals surface area (Å²) in [6.07, 6.45) is 0. The molecule has 7 heteroatoms. The van der Waals surface area contributed by atoms with Gasteiger partial charge in [0.05, 0.1) is 13.2 Å². The van der Waals surface area contributed by atoms with Crippen LogP contribution in [0.15, 0.2) is 34.9 Å². The van der Waals surface area contributed by atoms with Gasteiger partial charge in [0.25, 0.3) is 0 Å². The molecule has 1 aromatic carbocycles. The molecule has 0 bridgehead atoms. The Hall–Kier alpha value is -2.38. The number of rotatable bonds is 6. The van der Waals surface area contributed by atoms with Crippen molar-refractivity contribution in [3.8, 4) is 17.0 Å². The number of carbonyl (C=O) groups is 1. The van der Waals surface area contributed by atoms with E-state index in [9.17, 15) is 4.79 Å². The van der Waals surface area contributed by atoms with Gasteiger partial charge in [-0.3, -0.25) is 21.4 Å². The van der Waals surface area contributed by atoms with E-state index in [0.29, 0.717) is 18.1 Å². The minimum absolute atomic E-state index is 0.00837. The van der Waals surface area contributed by atoms with E-state index in [1.165, 1.54) is 0 Å². The zero-order chi connectivity index (χ0) is 14.4. The van der Waals surface area contributed by atoms with Crippen molar-refractivity contribution < 1.29 is 14.1 Å². The lowest BCUT2D eigenvalue weighted by molar-refractivity contribution is -0.115. The van der Waals surface area contributed by atoms with Crippen molar-refractivity contribution in [2.75, 3.05) is 18.5 Å². The molecule has 0 aliphatic heterocycles. The lowest BCUT2D eigenvalue weighted by Crippen LogP contribution is -2.32. The van der Waals surface area contributed by atoms with E-state index in [1.807, 2.05) is 31.2 Å². The number of hydrogen-bond donors (Lipinski definition) is 3.